The molecule has 2 rings (SSSR count). The van der Waals surface area contributed by atoms with E-state index in [1.165, 1.54) is 0 Å². The van der Waals surface area contributed by atoms with Gasteiger partial charge in [-0.3, -0.25) is 4.98 Å². The molecule has 98 valence electrons. The summed E-state index contributed by atoms with van der Waals surface area (Å²) >= 11 is 6.21. The first-order valence-electron chi connectivity index (χ1n) is 6.06. The molecule has 2 aromatic rings. The molecule has 2 unspecified atom stereocenters. The van der Waals surface area contributed by atoms with Crippen LogP contribution in [0.3, 0.4) is 0 Å². The van der Waals surface area contributed by atoms with E-state index in [9.17, 15) is 0 Å². The molecule has 4 nitrogen and oxygen atoms in total. The molecule has 5 heteroatoms. The summed E-state index contributed by atoms with van der Waals surface area (Å²) in [5.41, 5.74) is 1.97. The molecule has 0 aliphatic carbocycles. The molecule has 0 aliphatic rings. The maximum Gasteiger partial charge on any atom is 0.127 e. The minimum Gasteiger partial charge on any atom is -0.384 e. The van der Waals surface area contributed by atoms with Gasteiger partial charge in [0, 0.05) is 19.9 Å². The first-order chi connectivity index (χ1) is 8.63. The summed E-state index contributed by atoms with van der Waals surface area (Å²) in [6.45, 7) is 5.66. The Morgan fingerprint density at radius 3 is 2.89 bits per heavy atom. The van der Waals surface area contributed by atoms with E-state index in [-0.39, 0.29) is 5.38 Å². The number of hydrogen-bond donors (Lipinski definition) is 0. The molecule has 0 N–H and O–H groups in total. The third-order valence-corrected chi connectivity index (χ3v) is 3.08. The Hall–Kier alpha value is -1.13. The Morgan fingerprint density at radius 1 is 1.44 bits per heavy atom. The van der Waals surface area contributed by atoms with E-state index in [0.29, 0.717) is 5.92 Å². The van der Waals surface area contributed by atoms with Crippen LogP contribution in [0.4, 0.5) is 0 Å². The zero-order valence-corrected chi connectivity index (χ0v) is 11.7. The first kappa shape index (κ1) is 13.3. The van der Waals surface area contributed by atoms with E-state index < -0.39 is 0 Å². The summed E-state index contributed by atoms with van der Waals surface area (Å²) in [5, 5.41) is -0.118. The van der Waals surface area contributed by atoms with Gasteiger partial charge in [0.1, 0.15) is 11.3 Å². The van der Waals surface area contributed by atoms with E-state index >= 15 is 0 Å². The molecule has 0 aromatic carbocycles. The van der Waals surface area contributed by atoms with E-state index in [1.807, 2.05) is 13.0 Å². The van der Waals surface area contributed by atoms with Crippen LogP contribution in [0.2, 0.25) is 0 Å². The predicted octanol–water partition coefficient (Wildman–Crippen LogP) is 3.01. The number of imidazole rings is 1. The monoisotopic (exact) mass is 267 g/mol. The lowest BCUT2D eigenvalue weighted by Gasteiger charge is -2.15. The molecule has 0 aliphatic heterocycles. The van der Waals surface area contributed by atoms with Gasteiger partial charge >= 0.3 is 0 Å². The Morgan fingerprint density at radius 2 is 2.22 bits per heavy atom. The molecule has 0 bridgehead atoms. The smallest absolute Gasteiger partial charge is 0.127 e. The number of nitrogens with zero attached hydrogens (tertiary/aromatic N) is 3. The number of rotatable bonds is 5. The summed E-state index contributed by atoms with van der Waals surface area (Å²) in [5.74, 6) is 1.30. The molecule has 0 amide bonds. The molecule has 2 heterocycles. The fourth-order valence-electron chi connectivity index (χ4n) is 2.14. The van der Waals surface area contributed by atoms with Gasteiger partial charge in [-0.2, -0.15) is 0 Å². The molecule has 0 saturated carbocycles. The second kappa shape index (κ2) is 5.67. The van der Waals surface area contributed by atoms with Gasteiger partial charge in [-0.05, 0) is 18.9 Å². The molecule has 2 atom stereocenters. The number of hydrogen-bond acceptors (Lipinski definition) is 3. The quantitative estimate of drug-likeness (QED) is 0.782. The highest BCUT2D eigenvalue weighted by molar-refractivity contribution is 6.20. The third kappa shape index (κ3) is 2.65. The average Bonchev–Trinajstić information content (AvgIpc) is 2.69. The van der Waals surface area contributed by atoms with E-state index in [1.54, 1.807) is 19.5 Å². The fourth-order valence-corrected chi connectivity index (χ4v) is 2.31. The topological polar surface area (TPSA) is 39.9 Å². The van der Waals surface area contributed by atoms with Crippen molar-refractivity contribution in [3.8, 4) is 0 Å². The lowest BCUT2D eigenvalue weighted by Crippen LogP contribution is -2.15. The highest BCUT2D eigenvalue weighted by atomic mass is 35.5. The normalized spacial score (nSPS) is 14.9. The lowest BCUT2D eigenvalue weighted by molar-refractivity contribution is 0.151. The Balaban J connectivity index is 2.42. The van der Waals surface area contributed by atoms with Gasteiger partial charge in [0.15, 0.2) is 0 Å². The molecule has 0 radical (unpaired) electrons. The van der Waals surface area contributed by atoms with Gasteiger partial charge in [0.2, 0.25) is 0 Å². The lowest BCUT2D eigenvalue weighted by atomic mass is 10.2. The van der Waals surface area contributed by atoms with Crippen LogP contribution in [0.5, 0.6) is 0 Å². The van der Waals surface area contributed by atoms with Crippen LogP contribution in [-0.4, -0.2) is 28.3 Å². The summed E-state index contributed by atoms with van der Waals surface area (Å²) in [7, 11) is 1.72. The summed E-state index contributed by atoms with van der Waals surface area (Å²) < 4.78 is 7.35. The molecule has 0 fully saturated rings. The van der Waals surface area contributed by atoms with Crippen molar-refractivity contribution in [1.82, 2.24) is 14.5 Å². The van der Waals surface area contributed by atoms with Crippen molar-refractivity contribution in [3.05, 3.63) is 24.3 Å². The second-order valence-corrected chi connectivity index (χ2v) is 5.28. The molecule has 2 aromatic heterocycles. The first-order valence-corrected chi connectivity index (χ1v) is 6.50. The van der Waals surface area contributed by atoms with Crippen molar-refractivity contribution in [2.75, 3.05) is 13.7 Å². The van der Waals surface area contributed by atoms with Crippen LogP contribution in [0.25, 0.3) is 11.0 Å². The van der Waals surface area contributed by atoms with Crippen molar-refractivity contribution < 1.29 is 4.74 Å². The van der Waals surface area contributed by atoms with E-state index in [4.69, 9.17) is 16.3 Å². The van der Waals surface area contributed by atoms with Gasteiger partial charge in [-0.1, -0.05) is 6.92 Å². The SMILES string of the molecule is COCC(C)Cn1c(C(C)Cl)nc2cnccc21. The van der Waals surface area contributed by atoms with E-state index in [2.05, 4.69) is 21.5 Å². The van der Waals surface area contributed by atoms with Gasteiger partial charge in [-0.25, -0.2) is 4.98 Å². The van der Waals surface area contributed by atoms with Crippen LogP contribution >= 0.6 is 11.6 Å². The Bertz CT molecular complexity index is 524. The molecular formula is C13H18ClN3O. The maximum atomic E-state index is 6.21. The van der Waals surface area contributed by atoms with Gasteiger partial charge in [-0.15, -0.1) is 11.6 Å². The summed E-state index contributed by atoms with van der Waals surface area (Å²) in [6.07, 6.45) is 3.56. The number of methoxy groups -OCH3 is 1. The van der Waals surface area contributed by atoms with E-state index in [0.717, 1.165) is 30.0 Å². The van der Waals surface area contributed by atoms with Gasteiger partial charge in [0.25, 0.3) is 0 Å². The van der Waals surface area contributed by atoms with Crippen molar-refractivity contribution >= 4 is 22.6 Å². The number of fused-ring (bicyclic) bond motifs is 1. The highest BCUT2D eigenvalue weighted by Crippen LogP contribution is 2.24. The van der Waals surface area contributed by atoms with Crippen molar-refractivity contribution in [2.45, 2.75) is 25.8 Å². The second-order valence-electron chi connectivity index (χ2n) is 4.62. The minimum absolute atomic E-state index is 0.118. The average molecular weight is 268 g/mol. The minimum atomic E-state index is -0.118. The summed E-state index contributed by atoms with van der Waals surface area (Å²) in [4.78, 5) is 8.65. The van der Waals surface area contributed by atoms with Crippen LogP contribution in [0.1, 0.15) is 25.0 Å². The van der Waals surface area contributed by atoms with Gasteiger partial charge in [0.05, 0.1) is 23.7 Å². The largest absolute Gasteiger partial charge is 0.384 e. The fraction of sp³-hybridized carbons (Fsp3) is 0.538. The van der Waals surface area contributed by atoms with Crippen molar-refractivity contribution in [2.24, 2.45) is 5.92 Å². The number of halogens is 1. The molecule has 0 saturated heterocycles. The number of ether oxygens (including phenoxy) is 1. The maximum absolute atomic E-state index is 6.21. The zero-order valence-electron chi connectivity index (χ0n) is 10.9. The number of aromatic nitrogens is 3. The van der Waals surface area contributed by atoms with Crippen LogP contribution < -0.4 is 0 Å². The van der Waals surface area contributed by atoms with Crippen molar-refractivity contribution in [3.63, 3.8) is 0 Å². The highest BCUT2D eigenvalue weighted by Gasteiger charge is 2.16. The molecule has 18 heavy (non-hydrogen) atoms. The van der Waals surface area contributed by atoms with Crippen molar-refractivity contribution in [1.29, 1.82) is 0 Å². The number of pyridine rings is 1. The zero-order chi connectivity index (χ0) is 13.1. The standard InChI is InChI=1S/C13H18ClN3O/c1-9(8-18-3)7-17-12-4-5-15-6-11(12)16-13(17)10(2)14/h4-6,9-10H,7-8H2,1-3H3. The third-order valence-electron chi connectivity index (χ3n) is 2.88. The number of alkyl halides is 1. The molecule has 0 spiro atoms. The summed E-state index contributed by atoms with van der Waals surface area (Å²) in [6, 6.07) is 1.98. The van der Waals surface area contributed by atoms with Crippen LogP contribution in [-0.2, 0) is 11.3 Å². The Labute approximate surface area is 112 Å². The van der Waals surface area contributed by atoms with Crippen LogP contribution in [0.15, 0.2) is 18.5 Å². The van der Waals surface area contributed by atoms with Gasteiger partial charge < -0.3 is 9.30 Å². The Kier molecular flexibility index (Phi) is 4.19. The van der Waals surface area contributed by atoms with Crippen LogP contribution in [0, 0.1) is 5.92 Å². The molecular weight excluding hydrogens is 250 g/mol. The predicted molar refractivity (Wildman–Crippen MR) is 72.8 cm³/mol.